The maximum Gasteiger partial charge on any atom is 0.347 e. The van der Waals surface area contributed by atoms with Crippen molar-refractivity contribution in [2.45, 2.75) is 9.79 Å². The molecule has 0 unspecified atom stereocenters. The highest BCUT2D eigenvalue weighted by Crippen LogP contribution is 2.32. The maximum atomic E-state index is 12.2. The lowest BCUT2D eigenvalue weighted by atomic mass is 10.1. The fourth-order valence-corrected chi connectivity index (χ4v) is 7.68. The number of ether oxygens (including phenoxy) is 5. The molecule has 64 heavy (non-hydrogen) atoms. The topological polar surface area (TPSA) is 235 Å². The molecule has 15 nitrogen and oxygen atoms in total. The number of anilines is 2. The molecule has 16 heteroatoms. The molecule has 7 aromatic rings. The summed E-state index contributed by atoms with van der Waals surface area (Å²) in [5.74, 6) is -1.83. The van der Waals surface area contributed by atoms with E-state index in [-0.39, 0.29) is 32.0 Å². The summed E-state index contributed by atoms with van der Waals surface area (Å²) in [6.07, 6.45) is 0. The summed E-state index contributed by atoms with van der Waals surface area (Å²) < 4.78 is 49.5. The van der Waals surface area contributed by atoms with Crippen LogP contribution in [0.15, 0.2) is 168 Å². The molecular weight excluding hydrogens is 845 g/mol. The van der Waals surface area contributed by atoms with Gasteiger partial charge in [0, 0.05) is 11.4 Å². The zero-order chi connectivity index (χ0) is 45.1. The Bertz CT molecular complexity index is 2940. The fraction of sp³-hybridized carbons (Fsp3) is 0. The molecule has 3 heterocycles. The Morgan fingerprint density at radius 1 is 0.344 bits per heavy atom. The van der Waals surface area contributed by atoms with Crippen LogP contribution in [-0.2, 0) is 24.0 Å². The van der Waals surface area contributed by atoms with E-state index >= 15 is 0 Å². The van der Waals surface area contributed by atoms with Crippen LogP contribution in [0.2, 0.25) is 0 Å². The third-order valence-corrected chi connectivity index (χ3v) is 11.5. The lowest BCUT2D eigenvalue weighted by molar-refractivity contribution is 0.0425. The number of esters is 6. The standard InChI is InChI=1S/C28H14O8.C12H12N2O2S.C8H4O3/c29-25-21-11-9-19(13-23(21)27(31)35-25)33-17-5-1-15(2-6-17)16-3-7-18(8-4-16)34-20-10-12-22-24(14-20)28(32)36-26(22)30;13-9-1-5-11(6-2-9)17(15,16)12-7-3-10(14)4-8-12;9-7-5-3-1-2-4-6(5)8(10)11-7/h1-14H;1-8H,13-14H2;1-4H. The number of rotatable bonds is 7. The molecule has 10 rings (SSSR count). The summed E-state index contributed by atoms with van der Waals surface area (Å²) in [6.45, 7) is 0. The Morgan fingerprint density at radius 3 is 0.984 bits per heavy atom. The van der Waals surface area contributed by atoms with Crippen LogP contribution >= 0.6 is 0 Å². The predicted octanol–water partition coefficient (Wildman–Crippen LogP) is 8.24. The van der Waals surface area contributed by atoms with Crippen molar-refractivity contribution in [3.63, 3.8) is 0 Å². The Labute approximate surface area is 363 Å². The van der Waals surface area contributed by atoms with Crippen LogP contribution in [0, 0.1) is 0 Å². The molecule has 7 aromatic carbocycles. The minimum atomic E-state index is -3.48. The van der Waals surface area contributed by atoms with Crippen molar-refractivity contribution < 1.29 is 60.9 Å². The third-order valence-electron chi connectivity index (χ3n) is 9.68. The minimum absolute atomic E-state index is 0.185. The van der Waals surface area contributed by atoms with E-state index in [1.54, 1.807) is 84.9 Å². The molecule has 0 spiro atoms. The van der Waals surface area contributed by atoms with E-state index in [0.29, 0.717) is 45.5 Å². The first-order chi connectivity index (χ1) is 30.7. The molecule has 0 saturated carbocycles. The Kier molecular flexibility index (Phi) is 11.3. The van der Waals surface area contributed by atoms with Crippen LogP contribution in [0.3, 0.4) is 0 Å². The summed E-state index contributed by atoms with van der Waals surface area (Å²) in [5, 5.41) is 0. The second kappa shape index (κ2) is 17.2. The Balaban J connectivity index is 0.000000164. The average Bonchev–Trinajstić information content (AvgIpc) is 3.87. The van der Waals surface area contributed by atoms with Gasteiger partial charge in [-0.3, -0.25) is 0 Å². The molecule has 0 bridgehead atoms. The lowest BCUT2D eigenvalue weighted by Crippen LogP contribution is -2.02. The van der Waals surface area contributed by atoms with E-state index in [0.717, 1.165) is 11.1 Å². The molecule has 3 aliphatic rings. The molecule has 0 aromatic heterocycles. The monoisotopic (exact) mass is 874 g/mol. The fourth-order valence-electron chi connectivity index (χ4n) is 6.42. The number of hydrogen-bond acceptors (Lipinski definition) is 15. The van der Waals surface area contributed by atoms with Crippen molar-refractivity contribution in [3.05, 3.63) is 191 Å². The summed E-state index contributed by atoms with van der Waals surface area (Å²) in [4.78, 5) is 68.7. The van der Waals surface area contributed by atoms with Gasteiger partial charge < -0.3 is 35.2 Å². The van der Waals surface area contributed by atoms with Gasteiger partial charge in [0.15, 0.2) is 0 Å². The van der Waals surface area contributed by atoms with Crippen LogP contribution in [-0.4, -0.2) is 44.2 Å². The van der Waals surface area contributed by atoms with Crippen molar-refractivity contribution in [1.82, 2.24) is 0 Å². The number of nitrogens with two attached hydrogens (primary N) is 2. The quantitative estimate of drug-likeness (QED) is 0.0664. The predicted molar refractivity (Wildman–Crippen MR) is 228 cm³/mol. The van der Waals surface area contributed by atoms with E-state index in [9.17, 15) is 37.2 Å². The number of hydrogen-bond donors (Lipinski definition) is 2. The number of carbonyl (C=O) groups excluding carboxylic acids is 6. The summed E-state index contributed by atoms with van der Waals surface area (Å²) >= 11 is 0. The van der Waals surface area contributed by atoms with Crippen molar-refractivity contribution in [3.8, 4) is 34.1 Å². The molecule has 0 amide bonds. The van der Waals surface area contributed by atoms with Crippen LogP contribution in [0.1, 0.15) is 62.1 Å². The van der Waals surface area contributed by atoms with Gasteiger partial charge in [0.05, 0.1) is 43.2 Å². The SMILES string of the molecule is Nc1ccc(S(=O)(=O)c2ccc(N)cc2)cc1.O=C1OC(=O)c2cc(Oc3ccc(-c4ccc(Oc5ccc6c(c5)C(=O)OC6=O)cc4)cc3)ccc21.O=C1OC(=O)c2ccccc21. The molecule has 3 aliphatic heterocycles. The lowest BCUT2D eigenvalue weighted by Gasteiger charge is -2.09. The number of sulfone groups is 1. The van der Waals surface area contributed by atoms with Gasteiger partial charge in [0.2, 0.25) is 9.84 Å². The molecule has 0 atom stereocenters. The number of nitrogen functional groups attached to an aromatic ring is 2. The normalized spacial score (nSPS) is 13.2. The molecule has 0 radical (unpaired) electrons. The van der Waals surface area contributed by atoms with Gasteiger partial charge in [-0.05, 0) is 132 Å². The number of fused-ring (bicyclic) bond motifs is 3. The summed E-state index contributed by atoms with van der Waals surface area (Å²) in [6, 6.07) is 42.6. The van der Waals surface area contributed by atoms with E-state index < -0.39 is 45.7 Å². The van der Waals surface area contributed by atoms with E-state index in [4.69, 9.17) is 20.9 Å². The van der Waals surface area contributed by atoms with Gasteiger partial charge in [-0.2, -0.15) is 0 Å². The number of carbonyl (C=O) groups is 6. The molecule has 4 N–H and O–H groups in total. The van der Waals surface area contributed by atoms with Crippen molar-refractivity contribution in [2.75, 3.05) is 11.5 Å². The van der Waals surface area contributed by atoms with Crippen LogP contribution in [0.4, 0.5) is 11.4 Å². The molecule has 316 valence electrons. The van der Waals surface area contributed by atoms with Gasteiger partial charge in [-0.25, -0.2) is 37.2 Å². The summed E-state index contributed by atoms with van der Waals surface area (Å²) in [5.41, 5.74) is 15.5. The largest absolute Gasteiger partial charge is 0.457 e. The number of benzene rings is 7. The molecule has 0 saturated heterocycles. The molecular formula is C48H30N2O13S. The second-order valence-electron chi connectivity index (χ2n) is 13.9. The van der Waals surface area contributed by atoms with Gasteiger partial charge >= 0.3 is 35.8 Å². The van der Waals surface area contributed by atoms with Gasteiger partial charge in [0.1, 0.15) is 23.0 Å². The summed E-state index contributed by atoms with van der Waals surface area (Å²) in [7, 11) is -3.48. The minimum Gasteiger partial charge on any atom is -0.457 e. The van der Waals surface area contributed by atoms with Gasteiger partial charge in [0.25, 0.3) is 0 Å². The number of cyclic esters (lactones) is 6. The van der Waals surface area contributed by atoms with Crippen LogP contribution in [0.25, 0.3) is 11.1 Å². The smallest absolute Gasteiger partial charge is 0.347 e. The molecule has 0 fully saturated rings. The van der Waals surface area contributed by atoms with E-state index in [1.165, 1.54) is 48.5 Å². The van der Waals surface area contributed by atoms with Crippen molar-refractivity contribution >= 4 is 57.0 Å². The Hall–Kier alpha value is -8.89. The van der Waals surface area contributed by atoms with Crippen molar-refractivity contribution in [1.29, 1.82) is 0 Å². The van der Waals surface area contributed by atoms with E-state index in [2.05, 4.69) is 14.2 Å². The highest BCUT2D eigenvalue weighted by molar-refractivity contribution is 7.91. The van der Waals surface area contributed by atoms with Crippen molar-refractivity contribution in [2.24, 2.45) is 0 Å². The zero-order valence-electron chi connectivity index (χ0n) is 32.9. The first-order valence-electron chi connectivity index (χ1n) is 18.9. The average molecular weight is 875 g/mol. The maximum absolute atomic E-state index is 12.2. The van der Waals surface area contributed by atoms with Gasteiger partial charge in [-0.1, -0.05) is 36.4 Å². The molecule has 0 aliphatic carbocycles. The first-order valence-corrected chi connectivity index (χ1v) is 20.4. The third kappa shape index (κ3) is 8.79. The zero-order valence-corrected chi connectivity index (χ0v) is 33.7. The Morgan fingerprint density at radius 2 is 0.641 bits per heavy atom. The van der Waals surface area contributed by atoms with Crippen LogP contribution < -0.4 is 20.9 Å². The first kappa shape index (κ1) is 41.8. The second-order valence-corrected chi connectivity index (χ2v) is 15.8. The van der Waals surface area contributed by atoms with E-state index in [1.807, 2.05) is 24.3 Å². The highest BCUT2D eigenvalue weighted by Gasteiger charge is 2.31. The van der Waals surface area contributed by atoms with Gasteiger partial charge in [-0.15, -0.1) is 0 Å². The highest BCUT2D eigenvalue weighted by atomic mass is 32.2. The van der Waals surface area contributed by atoms with Crippen LogP contribution in [0.5, 0.6) is 23.0 Å².